The zero-order chi connectivity index (χ0) is 15.5. The highest BCUT2D eigenvalue weighted by Crippen LogP contribution is 2.26. The second-order valence-corrected chi connectivity index (χ2v) is 6.75. The van der Waals surface area contributed by atoms with Gasteiger partial charge in [-0.05, 0) is 25.1 Å². The van der Waals surface area contributed by atoms with E-state index in [-0.39, 0.29) is 0 Å². The predicted octanol–water partition coefficient (Wildman–Crippen LogP) is 2.54. The third-order valence-electron chi connectivity index (χ3n) is 2.87. The van der Waals surface area contributed by atoms with Crippen molar-refractivity contribution in [2.45, 2.75) is 20.0 Å². The van der Waals surface area contributed by atoms with E-state index >= 15 is 0 Å². The number of halogens is 1. The molecule has 0 aliphatic carbocycles. The van der Waals surface area contributed by atoms with E-state index in [2.05, 4.69) is 15.0 Å². The van der Waals surface area contributed by atoms with Gasteiger partial charge in [-0.1, -0.05) is 11.6 Å². The molecule has 21 heavy (non-hydrogen) atoms. The van der Waals surface area contributed by atoms with Crippen LogP contribution in [0.15, 0.2) is 30.7 Å². The molecule has 2 N–H and O–H groups in total. The summed E-state index contributed by atoms with van der Waals surface area (Å²) in [6.07, 6.45) is 4.65. The van der Waals surface area contributed by atoms with Crippen molar-refractivity contribution in [3.63, 3.8) is 0 Å². The first-order chi connectivity index (χ1) is 9.89. The Morgan fingerprint density at radius 2 is 2.14 bits per heavy atom. The number of hydrogen-bond acceptors (Lipinski definition) is 4. The van der Waals surface area contributed by atoms with Crippen LogP contribution < -0.4 is 10.0 Å². The third-order valence-corrected chi connectivity index (χ3v) is 3.80. The van der Waals surface area contributed by atoms with E-state index in [1.807, 2.05) is 11.5 Å². The zero-order valence-electron chi connectivity index (χ0n) is 11.8. The van der Waals surface area contributed by atoms with E-state index in [0.717, 1.165) is 18.5 Å². The van der Waals surface area contributed by atoms with Crippen LogP contribution >= 0.6 is 11.6 Å². The number of anilines is 2. The van der Waals surface area contributed by atoms with Crippen LogP contribution in [0.3, 0.4) is 0 Å². The maximum absolute atomic E-state index is 11.2. The molecule has 6 nitrogen and oxygen atoms in total. The molecule has 8 heteroatoms. The Hall–Kier alpha value is -1.73. The first kappa shape index (κ1) is 15.7. The predicted molar refractivity (Wildman–Crippen MR) is 85.1 cm³/mol. The van der Waals surface area contributed by atoms with Crippen LogP contribution in [0.2, 0.25) is 5.02 Å². The molecule has 0 aliphatic heterocycles. The van der Waals surface area contributed by atoms with Gasteiger partial charge in [-0.2, -0.15) is 0 Å². The Morgan fingerprint density at radius 3 is 2.81 bits per heavy atom. The van der Waals surface area contributed by atoms with Gasteiger partial charge >= 0.3 is 0 Å². The van der Waals surface area contributed by atoms with Gasteiger partial charge < -0.3 is 9.88 Å². The lowest BCUT2D eigenvalue weighted by Gasteiger charge is -2.12. The van der Waals surface area contributed by atoms with E-state index in [1.165, 1.54) is 0 Å². The molecule has 2 aromatic rings. The Morgan fingerprint density at radius 1 is 1.38 bits per heavy atom. The minimum absolute atomic E-state index is 0.466. The highest BCUT2D eigenvalue weighted by Gasteiger charge is 2.07. The normalized spacial score (nSPS) is 11.4. The van der Waals surface area contributed by atoms with Gasteiger partial charge in [-0.25, -0.2) is 13.4 Å². The van der Waals surface area contributed by atoms with Crippen molar-refractivity contribution in [2.24, 2.45) is 0 Å². The summed E-state index contributed by atoms with van der Waals surface area (Å²) in [6, 6.07) is 4.93. The second kappa shape index (κ2) is 6.36. The van der Waals surface area contributed by atoms with Crippen LogP contribution in [-0.2, 0) is 23.1 Å². The van der Waals surface area contributed by atoms with Crippen molar-refractivity contribution >= 4 is 33.0 Å². The average Bonchev–Trinajstić information content (AvgIpc) is 2.85. The van der Waals surface area contributed by atoms with Crippen LogP contribution in [0, 0.1) is 0 Å². The molecular formula is C13H17ClN4O2S. The minimum Gasteiger partial charge on any atom is -0.378 e. The number of benzene rings is 1. The molecule has 0 aliphatic rings. The van der Waals surface area contributed by atoms with Crippen molar-refractivity contribution in [3.8, 4) is 0 Å². The van der Waals surface area contributed by atoms with Gasteiger partial charge in [0.1, 0.15) is 0 Å². The van der Waals surface area contributed by atoms with E-state index in [9.17, 15) is 8.42 Å². The fraction of sp³-hybridized carbons (Fsp3) is 0.308. The summed E-state index contributed by atoms with van der Waals surface area (Å²) in [7, 11) is -3.31. The van der Waals surface area contributed by atoms with Crippen LogP contribution in [0.25, 0.3) is 0 Å². The number of imidazole rings is 1. The van der Waals surface area contributed by atoms with E-state index in [0.29, 0.717) is 22.9 Å². The van der Waals surface area contributed by atoms with E-state index in [1.54, 1.807) is 30.7 Å². The van der Waals surface area contributed by atoms with Crippen LogP contribution in [0.1, 0.15) is 12.6 Å². The molecule has 1 aromatic carbocycles. The Bertz CT molecular complexity index is 728. The molecule has 0 saturated heterocycles. The molecule has 0 amide bonds. The Balaban J connectivity index is 2.14. The molecule has 0 bridgehead atoms. The van der Waals surface area contributed by atoms with Crippen LogP contribution in [-0.4, -0.2) is 24.2 Å². The Kier molecular flexibility index (Phi) is 4.74. The van der Waals surface area contributed by atoms with Crippen molar-refractivity contribution in [3.05, 3.63) is 41.4 Å². The number of sulfonamides is 1. The molecule has 0 atom stereocenters. The Labute approximate surface area is 129 Å². The van der Waals surface area contributed by atoms with Gasteiger partial charge in [0.05, 0.1) is 41.2 Å². The molecule has 0 unspecified atom stereocenters. The molecule has 0 spiro atoms. The summed E-state index contributed by atoms with van der Waals surface area (Å²) < 4.78 is 26.9. The summed E-state index contributed by atoms with van der Waals surface area (Å²) in [5.74, 6) is 0. The molecule has 0 fully saturated rings. The SMILES string of the molecule is CCn1cncc1CNc1cc(NS(C)(=O)=O)ccc1Cl. The maximum Gasteiger partial charge on any atom is 0.229 e. The highest BCUT2D eigenvalue weighted by molar-refractivity contribution is 7.92. The van der Waals surface area contributed by atoms with Crippen LogP contribution in [0.5, 0.6) is 0 Å². The molecule has 0 radical (unpaired) electrons. The minimum atomic E-state index is -3.31. The molecular weight excluding hydrogens is 312 g/mol. The molecule has 1 heterocycles. The second-order valence-electron chi connectivity index (χ2n) is 4.59. The molecule has 1 aromatic heterocycles. The van der Waals surface area contributed by atoms with Crippen molar-refractivity contribution in [1.82, 2.24) is 9.55 Å². The number of aromatic nitrogens is 2. The van der Waals surface area contributed by atoms with Gasteiger partial charge in [0.15, 0.2) is 0 Å². The van der Waals surface area contributed by atoms with Crippen LogP contribution in [0.4, 0.5) is 11.4 Å². The smallest absolute Gasteiger partial charge is 0.229 e. The van der Waals surface area contributed by atoms with Gasteiger partial charge in [0.25, 0.3) is 0 Å². The van der Waals surface area contributed by atoms with E-state index in [4.69, 9.17) is 11.6 Å². The van der Waals surface area contributed by atoms with Crippen molar-refractivity contribution in [2.75, 3.05) is 16.3 Å². The lowest BCUT2D eigenvalue weighted by atomic mass is 10.2. The quantitative estimate of drug-likeness (QED) is 0.854. The summed E-state index contributed by atoms with van der Waals surface area (Å²) in [6.45, 7) is 3.42. The third kappa shape index (κ3) is 4.37. The fourth-order valence-electron chi connectivity index (χ4n) is 1.90. The average molecular weight is 329 g/mol. The number of aryl methyl sites for hydroxylation is 1. The van der Waals surface area contributed by atoms with Gasteiger partial charge in [-0.15, -0.1) is 0 Å². The number of hydrogen-bond donors (Lipinski definition) is 2. The van der Waals surface area contributed by atoms with Gasteiger partial charge in [-0.3, -0.25) is 4.72 Å². The first-order valence-electron chi connectivity index (χ1n) is 6.39. The number of nitrogens with zero attached hydrogens (tertiary/aromatic N) is 2. The number of nitrogens with one attached hydrogen (secondary N) is 2. The van der Waals surface area contributed by atoms with Crippen molar-refractivity contribution < 1.29 is 8.42 Å². The summed E-state index contributed by atoms with van der Waals surface area (Å²) in [4.78, 5) is 4.09. The molecule has 2 rings (SSSR count). The standard InChI is InChI=1S/C13H17ClN4O2S/c1-3-18-9-15-7-11(18)8-16-13-6-10(4-5-12(13)14)17-21(2,19)20/h4-7,9,16-17H,3,8H2,1-2H3. The zero-order valence-corrected chi connectivity index (χ0v) is 13.4. The van der Waals surface area contributed by atoms with E-state index < -0.39 is 10.0 Å². The topological polar surface area (TPSA) is 76.0 Å². The summed E-state index contributed by atoms with van der Waals surface area (Å²) >= 11 is 6.12. The largest absolute Gasteiger partial charge is 0.378 e. The lowest BCUT2D eigenvalue weighted by molar-refractivity contribution is 0.607. The van der Waals surface area contributed by atoms with Crippen molar-refractivity contribution in [1.29, 1.82) is 0 Å². The number of rotatable bonds is 6. The maximum atomic E-state index is 11.2. The lowest BCUT2D eigenvalue weighted by Crippen LogP contribution is -2.10. The summed E-state index contributed by atoms with van der Waals surface area (Å²) in [5.41, 5.74) is 2.15. The monoisotopic (exact) mass is 328 g/mol. The highest BCUT2D eigenvalue weighted by atomic mass is 35.5. The fourth-order valence-corrected chi connectivity index (χ4v) is 2.64. The summed E-state index contributed by atoms with van der Waals surface area (Å²) in [5, 5.41) is 3.71. The first-order valence-corrected chi connectivity index (χ1v) is 8.66. The molecule has 114 valence electrons. The van der Waals surface area contributed by atoms with Gasteiger partial charge in [0.2, 0.25) is 10.0 Å². The van der Waals surface area contributed by atoms with Gasteiger partial charge in [0, 0.05) is 12.7 Å². The molecule has 0 saturated carbocycles.